The van der Waals surface area contributed by atoms with Crippen LogP contribution >= 0.6 is 18.7 Å². The molecule has 4 rings (SSSR count). The molecule has 9 nitrogen and oxygen atoms in total. The van der Waals surface area contributed by atoms with Gasteiger partial charge in [-0.2, -0.15) is 10.1 Å². The van der Waals surface area contributed by atoms with Crippen LogP contribution in [0.2, 0.25) is 5.02 Å². The Labute approximate surface area is 215 Å². The topological polar surface area (TPSA) is 119 Å². The molecule has 0 aliphatic heterocycles. The molecule has 0 aliphatic carbocycles. The van der Waals surface area contributed by atoms with Gasteiger partial charge < -0.3 is 15.2 Å². The van der Waals surface area contributed by atoms with E-state index in [0.717, 1.165) is 21.8 Å². The average molecular weight is 547 g/mol. The first-order chi connectivity index (χ1) is 16.8. The van der Waals surface area contributed by atoms with E-state index in [0.29, 0.717) is 33.7 Å². The second kappa shape index (κ2) is 9.84. The van der Waals surface area contributed by atoms with Gasteiger partial charge in [-0.15, -0.1) is 0 Å². The smallest absolute Gasteiger partial charge is 0.229 e. The SMILES string of the molecule is Cc1ccc(Nc2nc(Nc3ccc4cn(CCS(C)(=O)=O)nc4c3)ncc2Cl)c(P(C)(C)=O)c1C. The maximum Gasteiger partial charge on any atom is 0.229 e. The fraction of sp³-hybridized carbons (Fsp3) is 0.292. The van der Waals surface area contributed by atoms with Gasteiger partial charge in [-0.25, -0.2) is 13.4 Å². The van der Waals surface area contributed by atoms with Crippen LogP contribution in [0, 0.1) is 13.8 Å². The molecular weight excluding hydrogens is 519 g/mol. The first kappa shape index (κ1) is 26.1. The number of hydrogen-bond acceptors (Lipinski definition) is 8. The van der Waals surface area contributed by atoms with E-state index in [4.69, 9.17) is 11.6 Å². The second-order valence-electron chi connectivity index (χ2n) is 9.19. The van der Waals surface area contributed by atoms with Gasteiger partial charge >= 0.3 is 0 Å². The molecule has 2 heterocycles. The van der Waals surface area contributed by atoms with Crippen molar-refractivity contribution in [3.05, 3.63) is 58.9 Å². The minimum atomic E-state index is -3.08. The molecule has 0 saturated heterocycles. The highest BCUT2D eigenvalue weighted by atomic mass is 35.5. The fourth-order valence-corrected chi connectivity index (χ4v) is 6.24. The van der Waals surface area contributed by atoms with Gasteiger partial charge in [-0.1, -0.05) is 17.7 Å². The molecular formula is C24H28ClN6O3PS. The Morgan fingerprint density at radius 1 is 1.11 bits per heavy atom. The van der Waals surface area contributed by atoms with Gasteiger partial charge in [0, 0.05) is 28.8 Å². The third-order valence-electron chi connectivity index (χ3n) is 5.74. The summed E-state index contributed by atoms with van der Waals surface area (Å²) in [6.45, 7) is 7.72. The number of aryl methyl sites for hydroxylation is 2. The van der Waals surface area contributed by atoms with E-state index in [9.17, 15) is 13.0 Å². The summed E-state index contributed by atoms with van der Waals surface area (Å²) in [5.74, 6) is 0.728. The molecule has 0 fully saturated rings. The minimum Gasteiger partial charge on any atom is -0.338 e. The highest BCUT2D eigenvalue weighted by Crippen LogP contribution is 2.41. The Morgan fingerprint density at radius 2 is 1.86 bits per heavy atom. The molecule has 2 aromatic heterocycles. The molecule has 12 heteroatoms. The van der Waals surface area contributed by atoms with Gasteiger partial charge in [-0.3, -0.25) is 4.68 Å². The molecule has 0 saturated carbocycles. The summed E-state index contributed by atoms with van der Waals surface area (Å²) in [6.07, 6.45) is 4.51. The summed E-state index contributed by atoms with van der Waals surface area (Å²) in [5, 5.41) is 12.8. The number of aromatic nitrogens is 4. The Balaban J connectivity index is 1.59. The lowest BCUT2D eigenvalue weighted by atomic mass is 10.1. The molecule has 190 valence electrons. The lowest BCUT2D eigenvalue weighted by Crippen LogP contribution is -2.15. The lowest BCUT2D eigenvalue weighted by Gasteiger charge is -2.19. The maximum absolute atomic E-state index is 13.0. The summed E-state index contributed by atoms with van der Waals surface area (Å²) in [5.41, 5.74) is 4.15. The molecule has 36 heavy (non-hydrogen) atoms. The maximum atomic E-state index is 13.0. The van der Waals surface area contributed by atoms with Gasteiger partial charge in [-0.05, 0) is 62.6 Å². The third-order valence-corrected chi connectivity index (χ3v) is 8.59. The van der Waals surface area contributed by atoms with Crippen molar-refractivity contribution in [3.8, 4) is 0 Å². The highest BCUT2D eigenvalue weighted by molar-refractivity contribution is 7.90. The van der Waals surface area contributed by atoms with Crippen molar-refractivity contribution in [1.29, 1.82) is 0 Å². The molecule has 0 atom stereocenters. The first-order valence-electron chi connectivity index (χ1n) is 11.2. The monoisotopic (exact) mass is 546 g/mol. The van der Waals surface area contributed by atoms with Gasteiger partial charge in [0.1, 0.15) is 22.0 Å². The molecule has 0 spiro atoms. The Bertz CT molecular complexity index is 1610. The summed E-state index contributed by atoms with van der Waals surface area (Å²) >= 11 is 6.39. The summed E-state index contributed by atoms with van der Waals surface area (Å²) in [7, 11) is -5.66. The minimum absolute atomic E-state index is 0.0220. The van der Waals surface area contributed by atoms with Crippen LogP contribution in [0.25, 0.3) is 10.9 Å². The number of nitrogens with one attached hydrogen (secondary N) is 2. The van der Waals surface area contributed by atoms with E-state index in [1.54, 1.807) is 18.0 Å². The van der Waals surface area contributed by atoms with Crippen LogP contribution in [0.3, 0.4) is 0 Å². The number of fused-ring (bicyclic) bond motifs is 1. The molecule has 0 unspecified atom stereocenters. The first-order valence-corrected chi connectivity index (χ1v) is 16.2. The van der Waals surface area contributed by atoms with Crippen molar-refractivity contribution >= 4 is 67.9 Å². The van der Waals surface area contributed by atoms with Crippen LogP contribution in [0.5, 0.6) is 0 Å². The van der Waals surface area contributed by atoms with Crippen LogP contribution in [0.15, 0.2) is 42.7 Å². The number of anilines is 4. The largest absolute Gasteiger partial charge is 0.338 e. The van der Waals surface area contributed by atoms with Crippen molar-refractivity contribution in [3.63, 3.8) is 0 Å². The number of rotatable bonds is 8. The quantitative estimate of drug-likeness (QED) is 0.300. The van der Waals surface area contributed by atoms with Crippen LogP contribution in [0.1, 0.15) is 11.1 Å². The zero-order chi connectivity index (χ0) is 26.3. The molecule has 0 amide bonds. The highest BCUT2D eigenvalue weighted by Gasteiger charge is 2.21. The molecule has 2 N–H and O–H groups in total. The predicted molar refractivity (Wildman–Crippen MR) is 148 cm³/mol. The van der Waals surface area contributed by atoms with Crippen molar-refractivity contribution in [1.82, 2.24) is 19.7 Å². The van der Waals surface area contributed by atoms with Crippen molar-refractivity contribution in [2.45, 2.75) is 20.4 Å². The van der Waals surface area contributed by atoms with Crippen LogP contribution in [-0.2, 0) is 20.9 Å². The van der Waals surface area contributed by atoms with Gasteiger partial charge in [0.25, 0.3) is 0 Å². The van der Waals surface area contributed by atoms with Crippen molar-refractivity contribution in [2.24, 2.45) is 0 Å². The summed E-state index contributed by atoms with van der Waals surface area (Å²) in [4.78, 5) is 8.81. The molecule has 0 bridgehead atoms. The van der Waals surface area contributed by atoms with Crippen LogP contribution < -0.4 is 15.9 Å². The molecule has 2 aromatic carbocycles. The number of halogens is 1. The zero-order valence-electron chi connectivity index (χ0n) is 20.7. The zero-order valence-corrected chi connectivity index (χ0v) is 23.2. The number of sulfone groups is 1. The number of benzene rings is 2. The number of hydrogen-bond donors (Lipinski definition) is 2. The average Bonchev–Trinajstić information content (AvgIpc) is 3.18. The lowest BCUT2D eigenvalue weighted by molar-refractivity contribution is 0.586. The second-order valence-corrected chi connectivity index (χ2v) is 15.0. The van der Waals surface area contributed by atoms with Gasteiger partial charge in [0.2, 0.25) is 5.95 Å². The molecule has 4 aromatic rings. The van der Waals surface area contributed by atoms with Crippen LogP contribution in [0.4, 0.5) is 23.1 Å². The van der Waals surface area contributed by atoms with Gasteiger partial charge in [0.15, 0.2) is 5.82 Å². The molecule has 0 aliphatic rings. The normalized spacial score (nSPS) is 12.2. The van der Waals surface area contributed by atoms with Crippen LogP contribution in [-0.4, -0.2) is 53.5 Å². The van der Waals surface area contributed by atoms with E-state index in [1.807, 2.05) is 50.4 Å². The predicted octanol–water partition coefficient (Wildman–Crippen LogP) is 4.88. The third kappa shape index (κ3) is 6.06. The van der Waals surface area contributed by atoms with E-state index in [2.05, 4.69) is 25.7 Å². The Kier molecular flexibility index (Phi) is 7.14. The number of nitrogens with zero attached hydrogens (tertiary/aromatic N) is 4. The molecule has 0 radical (unpaired) electrons. The van der Waals surface area contributed by atoms with Gasteiger partial charge in [0.05, 0.1) is 29.7 Å². The van der Waals surface area contributed by atoms with E-state index in [-0.39, 0.29) is 12.3 Å². The Morgan fingerprint density at radius 3 is 2.56 bits per heavy atom. The van der Waals surface area contributed by atoms with Crippen molar-refractivity contribution in [2.75, 3.05) is 36.0 Å². The fourth-order valence-electron chi connectivity index (χ4n) is 3.89. The van der Waals surface area contributed by atoms with E-state index < -0.39 is 17.0 Å². The summed E-state index contributed by atoms with van der Waals surface area (Å²) < 4.78 is 37.6. The Hall–Kier alpha value is -2.94. The van der Waals surface area contributed by atoms with E-state index in [1.165, 1.54) is 12.5 Å². The van der Waals surface area contributed by atoms with E-state index >= 15 is 0 Å². The van der Waals surface area contributed by atoms with Crippen molar-refractivity contribution < 1.29 is 13.0 Å². The summed E-state index contributed by atoms with van der Waals surface area (Å²) in [6, 6.07) is 9.44. The standard InChI is InChI=1S/C24H28ClN6O3PS/c1-15-6-9-20(22(16(15)2)35(3,4)32)28-23-19(25)13-26-24(29-23)27-18-8-7-17-14-31(30-21(17)12-18)10-11-36(5,33)34/h6-9,12-14H,10-11H2,1-5H3,(H2,26,27,28,29).